The molecule has 2 aromatic rings. The molecule has 0 N–H and O–H groups in total. The van der Waals surface area contributed by atoms with Gasteiger partial charge in [0.25, 0.3) is 0 Å². The molecule has 0 fully saturated rings. The van der Waals surface area contributed by atoms with Crippen molar-refractivity contribution in [3.63, 3.8) is 0 Å². The second kappa shape index (κ2) is 5.49. The summed E-state index contributed by atoms with van der Waals surface area (Å²) in [7, 11) is 0. The van der Waals surface area contributed by atoms with Gasteiger partial charge >= 0.3 is 0 Å². The van der Waals surface area contributed by atoms with Crippen LogP contribution in [0, 0.1) is 13.8 Å². The maximum Gasteiger partial charge on any atom is 0.180 e. The first-order valence-electron chi connectivity index (χ1n) is 5.89. The molecule has 0 saturated heterocycles. The van der Waals surface area contributed by atoms with E-state index in [4.69, 9.17) is 0 Å². The van der Waals surface area contributed by atoms with E-state index in [2.05, 4.69) is 15.9 Å². The highest BCUT2D eigenvalue weighted by atomic mass is 79.9. The van der Waals surface area contributed by atoms with Gasteiger partial charge in [0.1, 0.15) is 4.83 Å². The minimum Gasteiger partial charge on any atom is -0.293 e. The molecule has 0 aliphatic rings. The fourth-order valence-corrected chi connectivity index (χ4v) is 2.32. The van der Waals surface area contributed by atoms with E-state index in [1.165, 1.54) is 5.56 Å². The number of carbonyl (C=O) groups is 1. The zero-order valence-electron chi connectivity index (χ0n) is 10.5. The Morgan fingerprint density at radius 3 is 1.83 bits per heavy atom. The van der Waals surface area contributed by atoms with Crippen LogP contribution in [-0.2, 0) is 0 Å². The molecule has 2 rings (SSSR count). The first-order chi connectivity index (χ1) is 8.58. The molecule has 18 heavy (non-hydrogen) atoms. The minimum absolute atomic E-state index is 0.0962. The molecule has 0 spiro atoms. The van der Waals surface area contributed by atoms with E-state index >= 15 is 0 Å². The topological polar surface area (TPSA) is 17.1 Å². The summed E-state index contributed by atoms with van der Waals surface area (Å²) >= 11 is 3.48. The van der Waals surface area contributed by atoms with Crippen molar-refractivity contribution in [3.8, 4) is 0 Å². The predicted octanol–water partition coefficient (Wildman–Crippen LogP) is 4.62. The van der Waals surface area contributed by atoms with Gasteiger partial charge in [-0.1, -0.05) is 75.6 Å². The average Bonchev–Trinajstić information content (AvgIpc) is 2.39. The van der Waals surface area contributed by atoms with Crippen LogP contribution in [-0.4, -0.2) is 5.78 Å². The van der Waals surface area contributed by atoms with Gasteiger partial charge in [0.2, 0.25) is 0 Å². The number of benzene rings is 2. The first-order valence-corrected chi connectivity index (χ1v) is 6.81. The van der Waals surface area contributed by atoms with Gasteiger partial charge in [-0.25, -0.2) is 0 Å². The normalized spacial score (nSPS) is 12.2. The summed E-state index contributed by atoms with van der Waals surface area (Å²) in [6.07, 6.45) is 0. The Bertz CT molecular complexity index is 540. The number of hydrogen-bond donors (Lipinski definition) is 0. The summed E-state index contributed by atoms with van der Waals surface area (Å²) in [4.78, 5) is 12.0. The van der Waals surface area contributed by atoms with E-state index in [1.54, 1.807) is 0 Å². The number of carbonyl (C=O) groups excluding carboxylic acids is 1. The smallest absolute Gasteiger partial charge is 0.180 e. The summed E-state index contributed by atoms with van der Waals surface area (Å²) in [5, 5.41) is 0. The van der Waals surface area contributed by atoms with Crippen molar-refractivity contribution in [2.24, 2.45) is 0 Å². The lowest BCUT2D eigenvalue weighted by atomic mass is 10.0. The van der Waals surface area contributed by atoms with E-state index in [1.807, 2.05) is 62.4 Å². The highest BCUT2D eigenvalue weighted by molar-refractivity contribution is 9.09. The van der Waals surface area contributed by atoms with Crippen molar-refractivity contribution in [2.45, 2.75) is 18.7 Å². The van der Waals surface area contributed by atoms with Gasteiger partial charge in [-0.2, -0.15) is 0 Å². The van der Waals surface area contributed by atoms with Crippen LogP contribution in [0.3, 0.4) is 0 Å². The lowest BCUT2D eigenvalue weighted by Gasteiger charge is -2.10. The van der Waals surface area contributed by atoms with Crippen LogP contribution < -0.4 is 0 Å². The lowest BCUT2D eigenvalue weighted by molar-refractivity contribution is 0.0991. The van der Waals surface area contributed by atoms with Gasteiger partial charge in [-0.3, -0.25) is 4.79 Å². The highest BCUT2D eigenvalue weighted by Crippen LogP contribution is 2.27. The Hall–Kier alpha value is -1.41. The molecule has 2 heteroatoms. The zero-order valence-corrected chi connectivity index (χ0v) is 12.1. The van der Waals surface area contributed by atoms with Gasteiger partial charge in [-0.05, 0) is 19.4 Å². The molecule has 0 heterocycles. The van der Waals surface area contributed by atoms with Crippen molar-refractivity contribution in [3.05, 3.63) is 70.8 Å². The van der Waals surface area contributed by atoms with Crippen LogP contribution in [0.5, 0.6) is 0 Å². The number of ketones is 1. The molecule has 0 bridgehead atoms. The summed E-state index contributed by atoms with van der Waals surface area (Å²) in [6.45, 7) is 4.05. The first kappa shape index (κ1) is 13.0. The number of rotatable bonds is 3. The molecule has 92 valence electrons. The van der Waals surface area contributed by atoms with Crippen molar-refractivity contribution < 1.29 is 4.79 Å². The van der Waals surface area contributed by atoms with E-state index in [9.17, 15) is 4.79 Å². The molecular formula is C16H15BrO. The van der Waals surface area contributed by atoms with Gasteiger partial charge < -0.3 is 0 Å². The third-order valence-corrected chi connectivity index (χ3v) is 3.88. The minimum atomic E-state index is -0.277. The molecule has 0 aliphatic heterocycles. The number of halogens is 1. The zero-order chi connectivity index (χ0) is 13.1. The molecule has 1 atom stereocenters. The quantitative estimate of drug-likeness (QED) is 0.597. The van der Waals surface area contributed by atoms with E-state index in [0.717, 1.165) is 16.7 Å². The monoisotopic (exact) mass is 302 g/mol. The van der Waals surface area contributed by atoms with Crippen LogP contribution in [0.15, 0.2) is 48.5 Å². The van der Waals surface area contributed by atoms with E-state index < -0.39 is 0 Å². The summed E-state index contributed by atoms with van der Waals surface area (Å²) in [5.74, 6) is 0.0962. The van der Waals surface area contributed by atoms with Gasteiger partial charge in [-0.15, -0.1) is 0 Å². The third kappa shape index (κ3) is 2.88. The molecule has 2 aromatic carbocycles. The van der Waals surface area contributed by atoms with Crippen LogP contribution >= 0.6 is 15.9 Å². The van der Waals surface area contributed by atoms with Crippen LogP contribution in [0.1, 0.15) is 31.9 Å². The predicted molar refractivity (Wildman–Crippen MR) is 78.4 cm³/mol. The Morgan fingerprint density at radius 2 is 1.33 bits per heavy atom. The van der Waals surface area contributed by atoms with Crippen molar-refractivity contribution in [1.82, 2.24) is 0 Å². The fraction of sp³-hybridized carbons (Fsp3) is 0.188. The Kier molecular flexibility index (Phi) is 3.97. The fourth-order valence-electron chi connectivity index (χ4n) is 1.75. The van der Waals surface area contributed by atoms with Crippen LogP contribution in [0.4, 0.5) is 0 Å². The number of aryl methyl sites for hydroxylation is 2. The molecule has 0 radical (unpaired) electrons. The van der Waals surface area contributed by atoms with Crippen molar-refractivity contribution >= 4 is 21.7 Å². The number of hydrogen-bond acceptors (Lipinski definition) is 1. The van der Waals surface area contributed by atoms with Crippen LogP contribution in [0.25, 0.3) is 0 Å². The number of alkyl halides is 1. The summed E-state index contributed by atoms with van der Waals surface area (Å²) in [6, 6.07) is 15.7. The summed E-state index contributed by atoms with van der Waals surface area (Å²) < 4.78 is 0. The standard InChI is InChI=1S/C16H15BrO/c1-11-3-7-13(8-4-11)15(17)16(18)14-9-5-12(2)6-10-14/h3-10,15H,1-2H3/t15-/m1/s1. The molecule has 0 aliphatic carbocycles. The number of Topliss-reactive ketones (excluding diaryl/α,β-unsaturated/α-hetero) is 1. The summed E-state index contributed by atoms with van der Waals surface area (Å²) in [5.41, 5.74) is 4.09. The van der Waals surface area contributed by atoms with Gasteiger partial charge in [0, 0.05) is 5.56 Å². The largest absolute Gasteiger partial charge is 0.293 e. The Balaban J connectivity index is 2.23. The lowest BCUT2D eigenvalue weighted by Crippen LogP contribution is -2.07. The second-order valence-corrected chi connectivity index (χ2v) is 5.42. The highest BCUT2D eigenvalue weighted by Gasteiger charge is 2.18. The maximum atomic E-state index is 12.3. The molecule has 0 saturated carbocycles. The Morgan fingerprint density at radius 1 is 0.889 bits per heavy atom. The molecular weight excluding hydrogens is 288 g/mol. The van der Waals surface area contributed by atoms with Crippen LogP contribution in [0.2, 0.25) is 0 Å². The van der Waals surface area contributed by atoms with Gasteiger partial charge in [0.15, 0.2) is 5.78 Å². The second-order valence-electron chi connectivity index (χ2n) is 4.50. The molecule has 0 unspecified atom stereocenters. The average molecular weight is 303 g/mol. The SMILES string of the molecule is Cc1ccc(C(=O)[C@H](Br)c2ccc(C)cc2)cc1. The van der Waals surface area contributed by atoms with Gasteiger partial charge in [0.05, 0.1) is 0 Å². The molecule has 1 nitrogen and oxygen atoms in total. The van der Waals surface area contributed by atoms with Crippen molar-refractivity contribution in [1.29, 1.82) is 0 Å². The third-order valence-electron chi connectivity index (χ3n) is 2.94. The molecule has 0 aromatic heterocycles. The molecule has 0 amide bonds. The van der Waals surface area contributed by atoms with E-state index in [0.29, 0.717) is 0 Å². The van der Waals surface area contributed by atoms with E-state index in [-0.39, 0.29) is 10.6 Å². The van der Waals surface area contributed by atoms with Crippen molar-refractivity contribution in [2.75, 3.05) is 0 Å². The Labute approximate surface area is 116 Å². The maximum absolute atomic E-state index is 12.3.